The van der Waals surface area contributed by atoms with Crippen LogP contribution >= 0.6 is 0 Å². The summed E-state index contributed by atoms with van der Waals surface area (Å²) in [4.78, 5) is 0. The number of aliphatic hydroxyl groups is 1. The first-order chi connectivity index (χ1) is 15.3. The van der Waals surface area contributed by atoms with Crippen LogP contribution in [-0.4, -0.2) is 29.4 Å². The normalized spacial score (nSPS) is 13.9. The third kappa shape index (κ3) is 4.26. The Bertz CT molecular complexity index is 1210. The van der Waals surface area contributed by atoms with Crippen molar-refractivity contribution in [3.63, 3.8) is 0 Å². The van der Waals surface area contributed by atoms with E-state index in [0.29, 0.717) is 11.1 Å². The molecule has 3 aromatic carbocycles. The van der Waals surface area contributed by atoms with Gasteiger partial charge in [0.25, 0.3) is 0 Å². The monoisotopic (exact) mass is 442 g/mol. The molecule has 0 saturated carbocycles. The summed E-state index contributed by atoms with van der Waals surface area (Å²) in [6, 6.07) is 17.9. The zero-order valence-electron chi connectivity index (χ0n) is 17.3. The molecule has 0 spiro atoms. The molecule has 0 saturated heterocycles. The van der Waals surface area contributed by atoms with E-state index in [-0.39, 0.29) is 6.54 Å². The van der Waals surface area contributed by atoms with E-state index in [1.165, 1.54) is 24.3 Å². The van der Waals surface area contributed by atoms with Crippen molar-refractivity contribution < 1.29 is 22.7 Å². The molecule has 0 bridgehead atoms. The van der Waals surface area contributed by atoms with Crippen molar-refractivity contribution >= 4 is 10.9 Å². The third-order valence-electron chi connectivity index (χ3n) is 5.53. The van der Waals surface area contributed by atoms with Crippen LogP contribution in [0.15, 0.2) is 79.0 Å². The number of hydrogen-bond donors (Lipinski definition) is 2. The van der Waals surface area contributed by atoms with E-state index in [0.717, 1.165) is 28.6 Å². The van der Waals surface area contributed by atoms with E-state index in [1.54, 1.807) is 19.2 Å². The van der Waals surface area contributed by atoms with Crippen LogP contribution in [-0.2, 0) is 6.18 Å². The molecule has 4 aromatic rings. The summed E-state index contributed by atoms with van der Waals surface area (Å²) in [5, 5.41) is 14.7. The topological polar surface area (TPSA) is 37.2 Å². The molecule has 0 radical (unpaired) electrons. The van der Waals surface area contributed by atoms with Gasteiger partial charge in [0.15, 0.2) is 0 Å². The molecular formula is C25H22F4N2O. The van der Waals surface area contributed by atoms with Gasteiger partial charge in [0.2, 0.25) is 0 Å². The Balaban J connectivity index is 1.89. The molecule has 1 aromatic heterocycles. The fourth-order valence-corrected chi connectivity index (χ4v) is 4.08. The molecular weight excluding hydrogens is 420 g/mol. The fourth-order valence-electron chi connectivity index (χ4n) is 4.08. The third-order valence-corrected chi connectivity index (χ3v) is 5.53. The minimum Gasteiger partial charge on any atom is -0.389 e. The van der Waals surface area contributed by atoms with Gasteiger partial charge in [0, 0.05) is 29.2 Å². The predicted octanol–water partition coefficient (Wildman–Crippen LogP) is 5.64. The highest BCUT2D eigenvalue weighted by Crippen LogP contribution is 2.37. The van der Waals surface area contributed by atoms with E-state index < -0.39 is 29.7 Å². The van der Waals surface area contributed by atoms with E-state index in [2.05, 4.69) is 5.32 Å². The molecule has 1 heterocycles. The smallest absolute Gasteiger partial charge is 0.389 e. The summed E-state index contributed by atoms with van der Waals surface area (Å²) in [7, 11) is 1.72. The van der Waals surface area contributed by atoms with Gasteiger partial charge in [-0.1, -0.05) is 42.5 Å². The van der Waals surface area contributed by atoms with E-state index >= 15 is 0 Å². The van der Waals surface area contributed by atoms with Gasteiger partial charge < -0.3 is 15.0 Å². The summed E-state index contributed by atoms with van der Waals surface area (Å²) in [6.07, 6.45) is -3.48. The van der Waals surface area contributed by atoms with Gasteiger partial charge in [-0.25, -0.2) is 4.39 Å². The largest absolute Gasteiger partial charge is 0.416 e. The Morgan fingerprint density at radius 1 is 0.969 bits per heavy atom. The number of hydrogen-bond acceptors (Lipinski definition) is 2. The van der Waals surface area contributed by atoms with Gasteiger partial charge in [0.05, 0.1) is 17.7 Å². The summed E-state index contributed by atoms with van der Waals surface area (Å²) < 4.78 is 54.9. The molecule has 0 unspecified atom stereocenters. The molecule has 0 amide bonds. The lowest BCUT2D eigenvalue weighted by atomic mass is 10.0. The number of aliphatic hydroxyl groups excluding tert-OH is 1. The van der Waals surface area contributed by atoms with E-state index in [1.807, 2.05) is 35.0 Å². The van der Waals surface area contributed by atoms with Crippen molar-refractivity contribution in [3.05, 3.63) is 95.9 Å². The Kier molecular flexibility index (Phi) is 6.04. The van der Waals surface area contributed by atoms with Crippen molar-refractivity contribution in [2.45, 2.75) is 18.3 Å². The number of alkyl halides is 3. The molecule has 7 heteroatoms. The molecule has 0 aliphatic carbocycles. The number of rotatable bonds is 6. The molecule has 3 nitrogen and oxygen atoms in total. The summed E-state index contributed by atoms with van der Waals surface area (Å²) in [5.41, 5.74) is 2.01. The maximum atomic E-state index is 14.0. The molecule has 4 rings (SSSR count). The van der Waals surface area contributed by atoms with Crippen LogP contribution in [0.1, 0.15) is 17.2 Å². The predicted molar refractivity (Wildman–Crippen MR) is 117 cm³/mol. The van der Waals surface area contributed by atoms with E-state index in [4.69, 9.17) is 0 Å². The van der Waals surface area contributed by atoms with Crippen LogP contribution in [0, 0.1) is 5.82 Å². The maximum absolute atomic E-state index is 14.0. The lowest BCUT2D eigenvalue weighted by molar-refractivity contribution is -0.137. The van der Waals surface area contributed by atoms with Crippen molar-refractivity contribution in [1.29, 1.82) is 0 Å². The first-order valence-electron chi connectivity index (χ1n) is 10.1. The standard InChI is InChI=1S/C25H22F4N2O/c1-30-14-23(32)24(17-5-4-6-19(26)13-17)31-15-21(20-7-2-3-8-22(20)31)16-9-11-18(12-10-16)25(27,28)29/h2-13,15,23-24,30,32H,14H2,1H3/t23-,24+/m1/s1. The zero-order chi connectivity index (χ0) is 22.9. The van der Waals surface area contributed by atoms with Crippen LogP contribution in [0.25, 0.3) is 22.0 Å². The molecule has 0 aliphatic heterocycles. The number of nitrogens with one attached hydrogen (secondary N) is 1. The number of benzene rings is 3. The minimum atomic E-state index is -4.41. The first-order valence-corrected chi connectivity index (χ1v) is 10.1. The van der Waals surface area contributed by atoms with Crippen LogP contribution in [0.5, 0.6) is 0 Å². The SMILES string of the molecule is CNC[C@@H](O)[C@H](c1cccc(F)c1)n1cc(-c2ccc(C(F)(F)F)cc2)c2ccccc21. The average Bonchev–Trinajstić information content (AvgIpc) is 3.13. The highest BCUT2D eigenvalue weighted by atomic mass is 19.4. The average molecular weight is 442 g/mol. The highest BCUT2D eigenvalue weighted by molar-refractivity contribution is 5.96. The first kappa shape index (κ1) is 22.0. The number of halogens is 4. The molecule has 2 atom stereocenters. The Morgan fingerprint density at radius 3 is 2.34 bits per heavy atom. The van der Waals surface area contributed by atoms with Gasteiger partial charge in [0.1, 0.15) is 5.82 Å². The van der Waals surface area contributed by atoms with Crippen molar-refractivity contribution in [2.24, 2.45) is 0 Å². The summed E-state index contributed by atoms with van der Waals surface area (Å²) in [6.45, 7) is 0.267. The fraction of sp³-hybridized carbons (Fsp3) is 0.200. The van der Waals surface area contributed by atoms with Crippen LogP contribution < -0.4 is 5.32 Å². The number of nitrogens with zero attached hydrogens (tertiary/aromatic N) is 1. The number of para-hydroxylation sites is 1. The van der Waals surface area contributed by atoms with E-state index in [9.17, 15) is 22.7 Å². The van der Waals surface area contributed by atoms with Crippen molar-refractivity contribution in [3.8, 4) is 11.1 Å². The second-order valence-corrected chi connectivity index (χ2v) is 7.67. The number of likely N-dealkylation sites (N-methyl/N-ethyl adjacent to an activating group) is 1. The molecule has 32 heavy (non-hydrogen) atoms. The number of fused-ring (bicyclic) bond motifs is 1. The molecule has 0 aliphatic rings. The molecule has 2 N–H and O–H groups in total. The van der Waals surface area contributed by atoms with Gasteiger partial charge in [-0.3, -0.25) is 0 Å². The second kappa shape index (κ2) is 8.76. The maximum Gasteiger partial charge on any atom is 0.416 e. The summed E-state index contributed by atoms with van der Waals surface area (Å²) in [5.74, 6) is -0.413. The molecule has 166 valence electrons. The highest BCUT2D eigenvalue weighted by Gasteiger charge is 2.30. The van der Waals surface area contributed by atoms with Crippen molar-refractivity contribution in [2.75, 3.05) is 13.6 Å². The van der Waals surface area contributed by atoms with Gasteiger partial charge >= 0.3 is 6.18 Å². The van der Waals surface area contributed by atoms with Gasteiger partial charge in [-0.05, 0) is 48.5 Å². The summed E-state index contributed by atoms with van der Waals surface area (Å²) >= 11 is 0. The lowest BCUT2D eigenvalue weighted by Gasteiger charge is -2.26. The Hall–Kier alpha value is -3.16. The zero-order valence-corrected chi connectivity index (χ0v) is 17.3. The lowest BCUT2D eigenvalue weighted by Crippen LogP contribution is -2.33. The van der Waals surface area contributed by atoms with Gasteiger partial charge in [-0.2, -0.15) is 13.2 Å². The Labute approximate surface area is 182 Å². The quantitative estimate of drug-likeness (QED) is 0.380. The van der Waals surface area contributed by atoms with Crippen LogP contribution in [0.2, 0.25) is 0 Å². The van der Waals surface area contributed by atoms with Gasteiger partial charge in [-0.15, -0.1) is 0 Å². The minimum absolute atomic E-state index is 0.267. The Morgan fingerprint density at radius 2 is 1.69 bits per heavy atom. The number of aromatic nitrogens is 1. The second-order valence-electron chi connectivity index (χ2n) is 7.67. The molecule has 0 fully saturated rings. The van der Waals surface area contributed by atoms with Crippen molar-refractivity contribution in [1.82, 2.24) is 9.88 Å². The van der Waals surface area contributed by atoms with Crippen LogP contribution in [0.3, 0.4) is 0 Å². The van der Waals surface area contributed by atoms with Crippen LogP contribution in [0.4, 0.5) is 17.6 Å².